The number of nitrogens with zero attached hydrogens (tertiary/aromatic N) is 3. The molecule has 142 valence electrons. The molecule has 1 amide bonds. The Hall–Kier alpha value is -2.41. The molecule has 4 rings (SSSR count). The van der Waals surface area contributed by atoms with Gasteiger partial charge >= 0.3 is 0 Å². The Morgan fingerprint density at radius 3 is 2.86 bits per heavy atom. The Morgan fingerprint density at radius 1 is 1.32 bits per heavy atom. The van der Waals surface area contributed by atoms with Gasteiger partial charge in [-0.05, 0) is 36.3 Å². The highest BCUT2D eigenvalue weighted by Crippen LogP contribution is 2.42. The van der Waals surface area contributed by atoms with Crippen LogP contribution in [0.5, 0.6) is 0 Å². The van der Waals surface area contributed by atoms with Gasteiger partial charge in [-0.25, -0.2) is 0 Å². The summed E-state index contributed by atoms with van der Waals surface area (Å²) in [6, 6.07) is 12.8. The van der Waals surface area contributed by atoms with Gasteiger partial charge in [-0.15, -0.1) is 21.5 Å². The second kappa shape index (κ2) is 8.31. The van der Waals surface area contributed by atoms with Gasteiger partial charge in [-0.3, -0.25) is 4.79 Å². The number of fused-ring (bicyclic) bond motifs is 1. The largest absolute Gasteiger partial charge is 0.374 e. The van der Waals surface area contributed by atoms with Gasteiger partial charge in [0.15, 0.2) is 4.34 Å². The SMILES string of the molecule is N#Cc1c(NC(=O)CSc2nnc(N)s2)sc2c1CC[C@@H](c1ccccc1)C2. The number of thioether (sulfide) groups is 1. The molecule has 0 bridgehead atoms. The van der Waals surface area contributed by atoms with Crippen LogP contribution in [0.15, 0.2) is 34.7 Å². The minimum Gasteiger partial charge on any atom is -0.374 e. The third kappa shape index (κ3) is 4.04. The maximum atomic E-state index is 12.3. The van der Waals surface area contributed by atoms with Gasteiger partial charge in [-0.2, -0.15) is 5.26 Å². The van der Waals surface area contributed by atoms with Gasteiger partial charge in [0.05, 0.1) is 11.3 Å². The van der Waals surface area contributed by atoms with Crippen molar-refractivity contribution in [2.24, 2.45) is 0 Å². The first-order valence-electron chi connectivity index (χ1n) is 8.75. The Balaban J connectivity index is 1.46. The van der Waals surface area contributed by atoms with Gasteiger partial charge in [0.25, 0.3) is 0 Å². The summed E-state index contributed by atoms with van der Waals surface area (Å²) in [6.07, 6.45) is 2.79. The minimum absolute atomic E-state index is 0.159. The predicted molar refractivity (Wildman–Crippen MR) is 114 cm³/mol. The Morgan fingerprint density at radius 2 is 2.14 bits per heavy atom. The fourth-order valence-electron chi connectivity index (χ4n) is 3.37. The fourth-order valence-corrected chi connectivity index (χ4v) is 6.10. The highest BCUT2D eigenvalue weighted by molar-refractivity contribution is 8.01. The number of carbonyl (C=O) groups excluding carboxylic acids is 1. The average Bonchev–Trinajstić information content (AvgIpc) is 3.28. The summed E-state index contributed by atoms with van der Waals surface area (Å²) in [5, 5.41) is 21.2. The number of anilines is 2. The van der Waals surface area contributed by atoms with Crippen molar-refractivity contribution < 1.29 is 4.79 Å². The van der Waals surface area contributed by atoms with Crippen molar-refractivity contribution in [2.75, 3.05) is 16.8 Å². The van der Waals surface area contributed by atoms with E-state index in [0.29, 0.717) is 26.0 Å². The number of rotatable bonds is 5. The molecule has 3 N–H and O–H groups in total. The van der Waals surface area contributed by atoms with E-state index in [1.54, 1.807) is 0 Å². The molecule has 0 saturated carbocycles. The highest BCUT2D eigenvalue weighted by atomic mass is 32.2. The second-order valence-corrected chi connectivity index (χ2v) is 9.75. The van der Waals surface area contributed by atoms with E-state index < -0.39 is 0 Å². The average molecular weight is 428 g/mol. The zero-order chi connectivity index (χ0) is 19.5. The second-order valence-electron chi connectivity index (χ2n) is 6.41. The number of aromatic nitrogens is 2. The van der Waals surface area contributed by atoms with E-state index in [1.807, 2.05) is 6.07 Å². The summed E-state index contributed by atoms with van der Waals surface area (Å²) in [5.41, 5.74) is 8.60. The minimum atomic E-state index is -0.159. The summed E-state index contributed by atoms with van der Waals surface area (Å²) >= 11 is 4.07. The smallest absolute Gasteiger partial charge is 0.235 e. The van der Waals surface area contributed by atoms with Crippen molar-refractivity contribution >= 4 is 50.5 Å². The molecule has 9 heteroatoms. The van der Waals surface area contributed by atoms with Gasteiger partial charge in [0.1, 0.15) is 11.1 Å². The van der Waals surface area contributed by atoms with Gasteiger partial charge in [0, 0.05) is 4.88 Å². The maximum absolute atomic E-state index is 12.3. The van der Waals surface area contributed by atoms with Crippen LogP contribution in [0, 0.1) is 11.3 Å². The molecule has 0 radical (unpaired) electrons. The maximum Gasteiger partial charge on any atom is 0.235 e. The summed E-state index contributed by atoms with van der Waals surface area (Å²) in [5.74, 6) is 0.503. The lowest BCUT2D eigenvalue weighted by Gasteiger charge is -2.22. The van der Waals surface area contributed by atoms with Gasteiger partial charge in [-0.1, -0.05) is 53.4 Å². The zero-order valence-electron chi connectivity index (χ0n) is 14.8. The molecular formula is C19H17N5OS3. The number of amides is 1. The van der Waals surface area contributed by atoms with E-state index in [2.05, 4.69) is 45.8 Å². The van der Waals surface area contributed by atoms with E-state index in [-0.39, 0.29) is 11.7 Å². The molecule has 6 nitrogen and oxygen atoms in total. The number of nitriles is 1. The van der Waals surface area contributed by atoms with Crippen LogP contribution in [-0.2, 0) is 17.6 Å². The molecule has 0 fully saturated rings. The topological polar surface area (TPSA) is 105 Å². The summed E-state index contributed by atoms with van der Waals surface area (Å²) in [4.78, 5) is 13.6. The molecule has 28 heavy (non-hydrogen) atoms. The lowest BCUT2D eigenvalue weighted by molar-refractivity contribution is -0.113. The van der Waals surface area contributed by atoms with Crippen molar-refractivity contribution in [3.05, 3.63) is 51.9 Å². The normalized spacial score (nSPS) is 15.6. The Bertz CT molecular complexity index is 1040. The molecule has 0 unspecified atom stereocenters. The number of carbonyl (C=O) groups is 1. The van der Waals surface area contributed by atoms with Crippen molar-refractivity contribution in [1.82, 2.24) is 10.2 Å². The number of nitrogens with two attached hydrogens (primary N) is 1. The zero-order valence-corrected chi connectivity index (χ0v) is 17.3. The van der Waals surface area contributed by atoms with E-state index in [9.17, 15) is 10.1 Å². The third-order valence-electron chi connectivity index (χ3n) is 4.65. The lowest BCUT2D eigenvalue weighted by atomic mass is 9.83. The predicted octanol–water partition coefficient (Wildman–Crippen LogP) is 4.06. The van der Waals surface area contributed by atoms with Crippen LogP contribution >= 0.6 is 34.4 Å². The van der Waals surface area contributed by atoms with Crippen molar-refractivity contribution in [1.29, 1.82) is 5.26 Å². The molecule has 1 aliphatic carbocycles. The number of thiophene rings is 1. The molecule has 3 aromatic rings. The number of nitrogen functional groups attached to an aromatic ring is 1. The number of benzene rings is 1. The van der Waals surface area contributed by atoms with E-state index >= 15 is 0 Å². The van der Waals surface area contributed by atoms with E-state index in [1.165, 1.54) is 44.9 Å². The molecule has 1 aromatic carbocycles. The molecule has 0 aliphatic heterocycles. The molecule has 2 aromatic heterocycles. The van der Waals surface area contributed by atoms with Crippen molar-refractivity contribution in [2.45, 2.75) is 29.5 Å². The number of nitrogens with one attached hydrogen (secondary N) is 1. The van der Waals surface area contributed by atoms with Gasteiger partial charge in [0.2, 0.25) is 11.0 Å². The summed E-state index contributed by atoms with van der Waals surface area (Å²) in [6.45, 7) is 0. The Labute approximate surface area is 174 Å². The molecule has 1 atom stereocenters. The monoisotopic (exact) mass is 427 g/mol. The van der Waals surface area contributed by atoms with Crippen LogP contribution in [0.2, 0.25) is 0 Å². The first-order chi connectivity index (χ1) is 13.6. The first kappa shape index (κ1) is 18.9. The molecule has 2 heterocycles. The standard InChI is InChI=1S/C19H17N5OS3/c20-9-14-13-7-6-12(11-4-2-1-3-5-11)8-15(13)27-17(14)22-16(25)10-26-19-24-23-18(21)28-19/h1-5,12H,6-8,10H2,(H2,21,23)(H,22,25)/t12-/m1/s1. The molecule has 0 spiro atoms. The molecule has 0 saturated heterocycles. The highest BCUT2D eigenvalue weighted by Gasteiger charge is 2.27. The summed E-state index contributed by atoms with van der Waals surface area (Å²) in [7, 11) is 0. The van der Waals surface area contributed by atoms with Crippen molar-refractivity contribution in [3.8, 4) is 6.07 Å². The molecular weight excluding hydrogens is 410 g/mol. The van der Waals surface area contributed by atoms with E-state index in [0.717, 1.165) is 24.8 Å². The van der Waals surface area contributed by atoms with Crippen molar-refractivity contribution in [3.63, 3.8) is 0 Å². The lowest BCUT2D eigenvalue weighted by Crippen LogP contribution is -2.14. The Kier molecular flexibility index (Phi) is 5.62. The van der Waals surface area contributed by atoms with Crippen LogP contribution in [0.25, 0.3) is 0 Å². The van der Waals surface area contributed by atoms with E-state index in [4.69, 9.17) is 5.73 Å². The van der Waals surface area contributed by atoms with Gasteiger partial charge < -0.3 is 11.1 Å². The van der Waals surface area contributed by atoms with Crippen LogP contribution in [0.4, 0.5) is 10.1 Å². The number of hydrogen-bond donors (Lipinski definition) is 2. The third-order valence-corrected chi connectivity index (χ3v) is 7.71. The quantitative estimate of drug-likeness (QED) is 0.595. The van der Waals surface area contributed by atoms with Crippen LogP contribution in [0.1, 0.15) is 33.9 Å². The first-order valence-corrected chi connectivity index (χ1v) is 11.4. The van der Waals surface area contributed by atoms with Crippen LogP contribution < -0.4 is 11.1 Å². The van der Waals surface area contributed by atoms with Crippen LogP contribution in [0.3, 0.4) is 0 Å². The molecule has 1 aliphatic rings. The summed E-state index contributed by atoms with van der Waals surface area (Å²) < 4.78 is 0.657. The van der Waals surface area contributed by atoms with Crippen LogP contribution in [-0.4, -0.2) is 21.9 Å². The number of hydrogen-bond acceptors (Lipinski definition) is 8. The fraction of sp³-hybridized carbons (Fsp3) is 0.263.